The fourth-order valence-corrected chi connectivity index (χ4v) is 14.2. The predicted molar refractivity (Wildman–Crippen MR) is 262 cm³/mol. The Bertz CT molecular complexity index is 2030. The molecule has 3 atom stereocenters. The van der Waals surface area contributed by atoms with E-state index in [1.54, 1.807) is 63.8 Å². The molecule has 2 aromatic rings. The summed E-state index contributed by atoms with van der Waals surface area (Å²) < 4.78 is 30.4. The van der Waals surface area contributed by atoms with Crippen molar-refractivity contribution in [3.63, 3.8) is 0 Å². The fourth-order valence-electron chi connectivity index (χ4n) is 7.93. The lowest BCUT2D eigenvalue weighted by molar-refractivity contribution is -0.134. The Morgan fingerprint density at radius 1 is 0.815 bits per heavy atom. The van der Waals surface area contributed by atoms with Crippen molar-refractivity contribution in [2.75, 3.05) is 24.4 Å². The molecule has 3 rings (SSSR count). The number of nitrogens with zero attached hydrogens (tertiary/aromatic N) is 1. The smallest absolute Gasteiger partial charge is 0.412 e. The number of primary amides is 1. The molecule has 0 aromatic heterocycles. The van der Waals surface area contributed by atoms with Crippen LogP contribution < -0.4 is 30.8 Å². The van der Waals surface area contributed by atoms with Gasteiger partial charge in [0.1, 0.15) is 17.4 Å². The van der Waals surface area contributed by atoms with Crippen molar-refractivity contribution in [3.8, 4) is 11.5 Å². The van der Waals surface area contributed by atoms with Crippen molar-refractivity contribution in [1.82, 2.24) is 10.2 Å². The van der Waals surface area contributed by atoms with E-state index in [1.807, 2.05) is 18.3 Å². The minimum atomic E-state index is -2.53. The highest BCUT2D eigenvalue weighted by Gasteiger charge is 2.48. The van der Waals surface area contributed by atoms with Crippen LogP contribution in [0.25, 0.3) is 5.57 Å². The maximum absolute atomic E-state index is 15.1. The molecule has 15 nitrogen and oxygen atoms in total. The van der Waals surface area contributed by atoms with Gasteiger partial charge in [0.05, 0.1) is 31.0 Å². The molecule has 2 aromatic carbocycles. The van der Waals surface area contributed by atoms with Crippen molar-refractivity contribution in [1.29, 1.82) is 0 Å². The number of benzene rings is 2. The van der Waals surface area contributed by atoms with Crippen molar-refractivity contribution < 1.29 is 47.0 Å². The molecule has 1 heterocycles. The minimum absolute atomic E-state index is 0.0844. The summed E-state index contributed by atoms with van der Waals surface area (Å²) >= 11 is 0. The van der Waals surface area contributed by atoms with Gasteiger partial charge in [-0.05, 0) is 104 Å². The number of amides is 5. The quantitative estimate of drug-likeness (QED) is 0.104. The second kappa shape index (κ2) is 21.6. The van der Waals surface area contributed by atoms with E-state index in [9.17, 15) is 19.2 Å². The first-order valence-corrected chi connectivity index (χ1v) is 27.7. The molecule has 0 radical (unpaired) electrons. The number of hydrogen-bond donors (Lipinski definition) is 4. The molecular weight excluding hydrogens is 863 g/mol. The van der Waals surface area contributed by atoms with Gasteiger partial charge in [-0.1, -0.05) is 88.3 Å². The number of carbonyl (C=O) groups excluding carboxylic acids is 5. The molecule has 65 heavy (non-hydrogen) atoms. The molecule has 5 amide bonds. The second-order valence-corrected chi connectivity index (χ2v) is 31.0. The van der Waals surface area contributed by atoms with Crippen LogP contribution in [-0.2, 0) is 23.5 Å². The Balaban J connectivity index is 2.10. The molecular formula is C48H77N5O10Si2. The molecule has 0 bridgehead atoms. The maximum Gasteiger partial charge on any atom is 0.412 e. The van der Waals surface area contributed by atoms with E-state index in [-0.39, 0.29) is 51.3 Å². The third-order valence-corrected chi connectivity index (χ3v) is 22.9. The zero-order chi connectivity index (χ0) is 49.6. The van der Waals surface area contributed by atoms with Crippen LogP contribution >= 0.6 is 0 Å². The molecule has 5 N–H and O–H groups in total. The number of nitrogens with one attached hydrogen (secondary N) is 3. The lowest BCUT2D eigenvalue weighted by atomic mass is 10.0. The molecule has 17 heteroatoms. The van der Waals surface area contributed by atoms with Crippen LogP contribution in [0.4, 0.5) is 21.0 Å². The second-order valence-electron chi connectivity index (χ2n) is 20.8. The maximum atomic E-state index is 15.1. The predicted octanol–water partition coefficient (Wildman–Crippen LogP) is 10.4. The topological polar surface area (TPSA) is 197 Å². The van der Waals surface area contributed by atoms with Gasteiger partial charge in [0, 0.05) is 18.0 Å². The van der Waals surface area contributed by atoms with Gasteiger partial charge < -0.3 is 44.3 Å². The summed E-state index contributed by atoms with van der Waals surface area (Å²) in [6.07, 6.45) is -0.692. The van der Waals surface area contributed by atoms with Crippen LogP contribution in [0.15, 0.2) is 42.6 Å². The number of carbonyl (C=O) groups is 5. The Morgan fingerprint density at radius 2 is 1.38 bits per heavy atom. The summed E-state index contributed by atoms with van der Waals surface area (Å²) in [6, 6.07) is 9.12. The highest BCUT2D eigenvalue weighted by molar-refractivity contribution is 6.78. The zero-order valence-corrected chi connectivity index (χ0v) is 44.1. The first kappa shape index (κ1) is 54.5. The van der Waals surface area contributed by atoms with Gasteiger partial charge in [-0.3, -0.25) is 19.7 Å². The van der Waals surface area contributed by atoms with Gasteiger partial charge in [0.15, 0.2) is 20.2 Å². The van der Waals surface area contributed by atoms with E-state index in [0.717, 1.165) is 11.1 Å². The summed E-state index contributed by atoms with van der Waals surface area (Å²) in [5, 5.41) is 8.19. The number of nitrogens with two attached hydrogens (primary N) is 1. The highest BCUT2D eigenvalue weighted by atomic mass is 28.4. The van der Waals surface area contributed by atoms with E-state index < -0.39 is 64.4 Å². The van der Waals surface area contributed by atoms with Gasteiger partial charge in [-0.25, -0.2) is 9.59 Å². The Hall–Kier alpha value is -4.88. The van der Waals surface area contributed by atoms with Crippen LogP contribution in [0.1, 0.15) is 126 Å². The van der Waals surface area contributed by atoms with E-state index in [0.29, 0.717) is 23.6 Å². The molecule has 0 saturated heterocycles. The van der Waals surface area contributed by atoms with E-state index >= 15 is 4.79 Å². The molecule has 0 spiro atoms. The summed E-state index contributed by atoms with van der Waals surface area (Å²) in [6.45, 7) is 34.4. The normalized spacial score (nSPS) is 15.7. The molecule has 0 saturated carbocycles. The SMILES string of the molecule is COc1cc(C(=O)N2C=C(c3ccc(NC(=O)C(C)NC(=O)C(OC(N)=O)C(C)C)cc3)CC2CO[Si](C)(C)C(C)(C)C)c(NC(=O)OC(C)(C)C)cc1O[Si](C(C)C)(C(C)C)C(C)C. The monoisotopic (exact) mass is 940 g/mol. The molecule has 1 aliphatic heterocycles. The molecule has 0 aliphatic carbocycles. The molecule has 3 unspecified atom stereocenters. The first-order chi connectivity index (χ1) is 29.8. The Kier molecular flexibility index (Phi) is 18.1. The summed E-state index contributed by atoms with van der Waals surface area (Å²) in [5.74, 6) is -1.08. The standard InChI is InChI=1S/C48H77N5O10Si2/c1-28(2)41(61-45(49)57)43(55)50-32(9)42(54)51-35-21-19-33(20-22-35)34-23-36(27-60-64(17,18)48(13,14)15)53(26-34)44(56)37-24-39(59-16)40(25-38(37)52-46(58)62-47(10,11)12)63-65(29(3)4,30(5)6)31(7)8/h19-22,24-26,28-32,36,41H,23,27H2,1-18H3,(H2,49,57)(H,50,55)(H,51,54)(H,52,58). The van der Waals surface area contributed by atoms with Crippen LogP contribution in [0.2, 0.25) is 34.8 Å². The van der Waals surface area contributed by atoms with E-state index in [4.69, 9.17) is 28.8 Å². The zero-order valence-electron chi connectivity index (χ0n) is 42.1. The molecule has 1 aliphatic rings. The Morgan fingerprint density at radius 3 is 1.86 bits per heavy atom. The number of methoxy groups -OCH3 is 1. The summed E-state index contributed by atoms with van der Waals surface area (Å²) in [5.41, 5.74) is 7.59. The van der Waals surface area contributed by atoms with E-state index in [1.165, 1.54) is 14.0 Å². The largest absolute Gasteiger partial charge is 0.540 e. The van der Waals surface area contributed by atoms with Crippen molar-refractivity contribution in [2.24, 2.45) is 11.7 Å². The number of rotatable bonds is 18. The fraction of sp³-hybridized carbons (Fsp3) is 0.604. The molecule has 0 fully saturated rings. The molecule has 362 valence electrons. The Labute approximate surface area is 389 Å². The van der Waals surface area contributed by atoms with Gasteiger partial charge >= 0.3 is 12.2 Å². The van der Waals surface area contributed by atoms with Crippen molar-refractivity contribution in [2.45, 2.75) is 169 Å². The van der Waals surface area contributed by atoms with Gasteiger partial charge in [-0.15, -0.1) is 0 Å². The third-order valence-electron chi connectivity index (χ3n) is 12.4. The van der Waals surface area contributed by atoms with Crippen LogP contribution in [-0.4, -0.2) is 88.9 Å². The van der Waals surface area contributed by atoms with Crippen LogP contribution in [0, 0.1) is 5.92 Å². The number of anilines is 2. The highest BCUT2D eigenvalue weighted by Crippen LogP contribution is 2.47. The number of hydrogen-bond acceptors (Lipinski definition) is 10. The van der Waals surface area contributed by atoms with Gasteiger partial charge in [0.2, 0.25) is 5.91 Å². The van der Waals surface area contributed by atoms with Crippen molar-refractivity contribution in [3.05, 3.63) is 53.7 Å². The summed E-state index contributed by atoms with van der Waals surface area (Å²) in [4.78, 5) is 67.5. The minimum Gasteiger partial charge on any atom is -0.540 e. The van der Waals surface area contributed by atoms with E-state index in [2.05, 4.69) is 91.4 Å². The average molecular weight is 940 g/mol. The van der Waals surface area contributed by atoms with Gasteiger partial charge in [-0.2, -0.15) is 0 Å². The van der Waals surface area contributed by atoms with Crippen molar-refractivity contribution >= 4 is 63.5 Å². The first-order valence-electron chi connectivity index (χ1n) is 22.6. The van der Waals surface area contributed by atoms with Crippen LogP contribution in [0.3, 0.4) is 0 Å². The lowest BCUT2D eigenvalue weighted by Crippen LogP contribution is -2.50. The third kappa shape index (κ3) is 13.8. The summed E-state index contributed by atoms with van der Waals surface area (Å²) in [7, 11) is -3.26. The van der Waals surface area contributed by atoms with Gasteiger partial charge in [0.25, 0.3) is 20.1 Å². The number of ether oxygens (including phenoxy) is 3. The van der Waals surface area contributed by atoms with Crippen LogP contribution in [0.5, 0.6) is 11.5 Å². The average Bonchev–Trinajstić information content (AvgIpc) is 3.60. The lowest BCUT2D eigenvalue weighted by Gasteiger charge is -2.42.